The van der Waals surface area contributed by atoms with Crippen molar-refractivity contribution in [3.05, 3.63) is 35.9 Å². The third kappa shape index (κ3) is 2.68. The van der Waals surface area contributed by atoms with E-state index < -0.39 is 0 Å². The molecule has 1 nitrogen and oxygen atoms in total. The smallest absolute Gasteiger partial charge is 0 e. The Morgan fingerprint density at radius 2 is 2.30 bits per heavy atom. The Bertz CT molecular complexity index is 206. The van der Waals surface area contributed by atoms with Crippen LogP contribution in [0.5, 0.6) is 0 Å². The molecule has 2 heteroatoms. The van der Waals surface area contributed by atoms with Crippen molar-refractivity contribution in [2.24, 2.45) is 0 Å². The molecule has 0 saturated carbocycles. The van der Waals surface area contributed by atoms with Crippen molar-refractivity contribution in [3.63, 3.8) is 0 Å². The van der Waals surface area contributed by atoms with E-state index in [0.29, 0.717) is 5.71 Å². The van der Waals surface area contributed by atoms with Crippen molar-refractivity contribution in [1.29, 1.82) is 5.41 Å². The van der Waals surface area contributed by atoms with Crippen LogP contribution in [0.2, 0.25) is 0 Å². The van der Waals surface area contributed by atoms with E-state index in [1.54, 1.807) is 6.92 Å². The van der Waals surface area contributed by atoms with Gasteiger partial charge < -0.3 is 5.41 Å². The molecule has 0 aliphatic rings. The maximum Gasteiger partial charge on any atom is 0 e. The predicted molar refractivity (Wildman–Crippen MR) is 37.8 cm³/mol. The Morgan fingerprint density at radius 3 is 2.60 bits per heavy atom. The molecular formula is C8H8NU-. The van der Waals surface area contributed by atoms with Gasteiger partial charge in [0, 0.05) is 31.1 Å². The van der Waals surface area contributed by atoms with Crippen molar-refractivity contribution >= 4 is 5.71 Å². The molecule has 0 atom stereocenters. The fraction of sp³-hybridized carbons (Fsp3) is 0.125. The average Bonchev–Trinajstić information content (AvgIpc) is 1.90. The topological polar surface area (TPSA) is 23.9 Å². The minimum Gasteiger partial charge on any atom is -0.318 e. The van der Waals surface area contributed by atoms with Gasteiger partial charge in [0.15, 0.2) is 0 Å². The first-order valence-electron chi connectivity index (χ1n) is 2.82. The molecule has 0 radical (unpaired) electrons. The van der Waals surface area contributed by atoms with Crippen molar-refractivity contribution in [2.45, 2.75) is 6.92 Å². The van der Waals surface area contributed by atoms with Crippen LogP contribution in [-0.2, 0) is 0 Å². The van der Waals surface area contributed by atoms with Gasteiger partial charge in [-0.15, -0.1) is 5.56 Å². The van der Waals surface area contributed by atoms with Crippen LogP contribution >= 0.6 is 0 Å². The van der Waals surface area contributed by atoms with Crippen LogP contribution in [0, 0.1) is 42.6 Å². The molecule has 1 rings (SSSR count). The minimum absolute atomic E-state index is 0. The van der Waals surface area contributed by atoms with E-state index in [-0.39, 0.29) is 31.1 Å². The molecule has 0 aromatic heterocycles. The largest absolute Gasteiger partial charge is 0.318 e. The average molecular weight is 356 g/mol. The molecule has 50 valence electrons. The first-order valence-corrected chi connectivity index (χ1v) is 2.82. The first-order chi connectivity index (χ1) is 4.30. The number of nitrogens with one attached hydrogen (secondary N) is 1. The van der Waals surface area contributed by atoms with E-state index >= 15 is 0 Å². The molecule has 0 fully saturated rings. The van der Waals surface area contributed by atoms with E-state index in [1.807, 2.05) is 24.3 Å². The van der Waals surface area contributed by atoms with Gasteiger partial charge in [0.25, 0.3) is 0 Å². The summed E-state index contributed by atoms with van der Waals surface area (Å²) in [5.41, 5.74) is 1.53. The van der Waals surface area contributed by atoms with Crippen molar-refractivity contribution in [1.82, 2.24) is 0 Å². The fourth-order valence-corrected chi connectivity index (χ4v) is 0.627. The Morgan fingerprint density at radius 1 is 1.60 bits per heavy atom. The SMILES string of the molecule is CC(=N)c1c[c-]ccc1.[U]. The number of hydrogen-bond donors (Lipinski definition) is 1. The predicted octanol–water partition coefficient (Wildman–Crippen LogP) is 1.87. The molecular weight excluding hydrogens is 348 g/mol. The van der Waals surface area contributed by atoms with Crippen molar-refractivity contribution < 1.29 is 31.1 Å². The molecule has 1 aromatic carbocycles. The zero-order valence-electron chi connectivity index (χ0n) is 5.81. The van der Waals surface area contributed by atoms with E-state index in [9.17, 15) is 0 Å². The van der Waals surface area contributed by atoms with Gasteiger partial charge in [0.1, 0.15) is 0 Å². The van der Waals surface area contributed by atoms with Crippen LogP contribution < -0.4 is 0 Å². The third-order valence-electron chi connectivity index (χ3n) is 1.14. The second-order valence-corrected chi connectivity index (χ2v) is 1.92. The summed E-state index contributed by atoms with van der Waals surface area (Å²) in [5, 5.41) is 7.22. The van der Waals surface area contributed by atoms with Crippen molar-refractivity contribution in [2.75, 3.05) is 0 Å². The third-order valence-corrected chi connectivity index (χ3v) is 1.14. The summed E-state index contributed by atoms with van der Waals surface area (Å²) < 4.78 is 0. The van der Waals surface area contributed by atoms with Gasteiger partial charge in [-0.3, -0.25) is 0 Å². The monoisotopic (exact) mass is 356 g/mol. The molecule has 0 aliphatic heterocycles. The summed E-state index contributed by atoms with van der Waals surface area (Å²) in [6, 6.07) is 10.3. The van der Waals surface area contributed by atoms with E-state index in [4.69, 9.17) is 5.41 Å². The molecule has 10 heavy (non-hydrogen) atoms. The fourth-order valence-electron chi connectivity index (χ4n) is 0.627. The van der Waals surface area contributed by atoms with Gasteiger partial charge in [-0.1, -0.05) is 0 Å². The quantitative estimate of drug-likeness (QED) is 0.587. The molecule has 1 N–H and O–H groups in total. The standard InChI is InChI=1S/C8H8N.U/c1-7(9)8-5-3-2-4-6-8;/h2-3,5-6,9H,1H3;/q-1;. The summed E-state index contributed by atoms with van der Waals surface area (Å²) in [6.07, 6.45) is 0. The summed E-state index contributed by atoms with van der Waals surface area (Å²) in [5.74, 6) is 0. The Labute approximate surface area is 84.7 Å². The van der Waals surface area contributed by atoms with Crippen LogP contribution in [0.25, 0.3) is 0 Å². The van der Waals surface area contributed by atoms with Crippen LogP contribution in [0.4, 0.5) is 0 Å². The molecule has 0 amide bonds. The number of rotatable bonds is 1. The second-order valence-electron chi connectivity index (χ2n) is 1.92. The minimum atomic E-state index is 0. The molecule has 0 unspecified atom stereocenters. The van der Waals surface area contributed by atoms with Crippen molar-refractivity contribution in [3.8, 4) is 0 Å². The molecule has 0 bridgehead atoms. The first kappa shape index (κ1) is 9.94. The van der Waals surface area contributed by atoms with Crippen LogP contribution in [0.1, 0.15) is 12.5 Å². The number of hydrogen-bond acceptors (Lipinski definition) is 1. The van der Waals surface area contributed by atoms with Gasteiger partial charge >= 0.3 is 0 Å². The van der Waals surface area contributed by atoms with E-state index in [0.717, 1.165) is 5.56 Å². The zero-order chi connectivity index (χ0) is 6.69. The molecule has 0 spiro atoms. The molecule has 1 aromatic rings. The van der Waals surface area contributed by atoms with Gasteiger partial charge in [0.05, 0.1) is 0 Å². The van der Waals surface area contributed by atoms with Gasteiger partial charge in [0.2, 0.25) is 0 Å². The molecule has 0 saturated heterocycles. The van der Waals surface area contributed by atoms with Crippen LogP contribution in [0.15, 0.2) is 24.3 Å². The van der Waals surface area contributed by atoms with E-state index in [1.165, 1.54) is 0 Å². The summed E-state index contributed by atoms with van der Waals surface area (Å²) in [6.45, 7) is 1.77. The zero-order valence-corrected chi connectivity index (χ0v) is 9.97. The Kier molecular flexibility index (Phi) is 4.68. The van der Waals surface area contributed by atoms with Gasteiger partial charge in [-0.2, -0.15) is 30.3 Å². The van der Waals surface area contributed by atoms with Crippen LogP contribution in [-0.4, -0.2) is 5.71 Å². The maximum atomic E-state index is 7.22. The van der Waals surface area contributed by atoms with Crippen LogP contribution in [0.3, 0.4) is 0 Å². The molecule has 0 heterocycles. The van der Waals surface area contributed by atoms with Gasteiger partial charge in [-0.25, -0.2) is 0 Å². The normalized spacial score (nSPS) is 8.10. The maximum absolute atomic E-state index is 7.22. The van der Waals surface area contributed by atoms with Gasteiger partial charge in [-0.05, 0) is 12.6 Å². The summed E-state index contributed by atoms with van der Waals surface area (Å²) in [7, 11) is 0. The number of benzene rings is 1. The summed E-state index contributed by atoms with van der Waals surface area (Å²) >= 11 is 0. The Balaban J connectivity index is 0.000000810. The Hall–Kier alpha value is -0.0581. The second kappa shape index (κ2) is 4.71. The molecule has 0 aliphatic carbocycles. The summed E-state index contributed by atoms with van der Waals surface area (Å²) in [4.78, 5) is 0. The van der Waals surface area contributed by atoms with E-state index in [2.05, 4.69) is 6.07 Å².